The molecule has 1 aliphatic heterocycles. The summed E-state index contributed by atoms with van der Waals surface area (Å²) in [7, 11) is 0. The highest BCUT2D eigenvalue weighted by molar-refractivity contribution is 6.03. The molecule has 0 aromatic heterocycles. The molecule has 0 bridgehead atoms. The average Bonchev–Trinajstić information content (AvgIpc) is 2.62. The molecule has 138 valence electrons. The highest BCUT2D eigenvalue weighted by Gasteiger charge is 2.30. The molecule has 1 unspecified atom stereocenters. The Hall–Kier alpha value is -3.68. The fourth-order valence-corrected chi connectivity index (χ4v) is 2.83. The smallest absolute Gasteiger partial charge is 0.340 e. The van der Waals surface area contributed by atoms with Crippen LogP contribution < -0.4 is 4.74 Å². The van der Waals surface area contributed by atoms with E-state index in [4.69, 9.17) is 9.84 Å². The molecule has 27 heavy (non-hydrogen) atoms. The molecule has 2 aromatic carbocycles. The van der Waals surface area contributed by atoms with Gasteiger partial charge in [-0.2, -0.15) is 0 Å². The van der Waals surface area contributed by atoms with Crippen molar-refractivity contribution >= 4 is 23.9 Å². The van der Waals surface area contributed by atoms with Crippen LogP contribution in [0.2, 0.25) is 0 Å². The zero-order chi connectivity index (χ0) is 19.6. The molecule has 8 nitrogen and oxygen atoms in total. The number of hydrogen-bond donors (Lipinski definition) is 2. The van der Waals surface area contributed by atoms with Crippen molar-refractivity contribution in [2.75, 3.05) is 0 Å². The first-order valence-corrected chi connectivity index (χ1v) is 7.98. The lowest BCUT2D eigenvalue weighted by molar-refractivity contribution is -0.164. The molecule has 2 aromatic rings. The largest absolute Gasteiger partial charge is 0.478 e. The van der Waals surface area contributed by atoms with Crippen molar-refractivity contribution in [1.29, 1.82) is 0 Å². The van der Waals surface area contributed by atoms with Gasteiger partial charge >= 0.3 is 23.9 Å². The number of hydrogen-bond acceptors (Lipinski definition) is 6. The van der Waals surface area contributed by atoms with Gasteiger partial charge in [0.25, 0.3) is 0 Å². The van der Waals surface area contributed by atoms with Gasteiger partial charge in [0.15, 0.2) is 0 Å². The molecule has 1 saturated heterocycles. The quantitative estimate of drug-likeness (QED) is 0.607. The van der Waals surface area contributed by atoms with Crippen LogP contribution in [-0.4, -0.2) is 34.1 Å². The summed E-state index contributed by atoms with van der Waals surface area (Å²) >= 11 is 0. The van der Waals surface area contributed by atoms with Gasteiger partial charge in [-0.25, -0.2) is 9.59 Å². The molecule has 0 spiro atoms. The molecule has 1 atom stereocenters. The minimum atomic E-state index is -1.42. The second-order valence-electron chi connectivity index (χ2n) is 5.84. The first-order chi connectivity index (χ1) is 12.9. The number of carbonyl (C=O) groups is 4. The SMILES string of the molecule is O=C1CCC(c2ccc(Oc3cccc(C(=O)O)c3C(=O)O)cc2)C(=O)O1. The zero-order valence-electron chi connectivity index (χ0n) is 13.9. The lowest BCUT2D eigenvalue weighted by Gasteiger charge is -2.20. The van der Waals surface area contributed by atoms with E-state index in [1.165, 1.54) is 30.3 Å². The summed E-state index contributed by atoms with van der Waals surface area (Å²) in [6, 6.07) is 10.2. The van der Waals surface area contributed by atoms with Crippen LogP contribution in [0.3, 0.4) is 0 Å². The predicted octanol–water partition coefficient (Wildman–Crippen LogP) is 2.82. The van der Waals surface area contributed by atoms with E-state index < -0.39 is 35.4 Å². The monoisotopic (exact) mass is 370 g/mol. The van der Waals surface area contributed by atoms with Gasteiger partial charge in [-0.1, -0.05) is 18.2 Å². The molecule has 0 saturated carbocycles. The lowest BCUT2D eigenvalue weighted by atomic mass is 9.93. The second kappa shape index (κ2) is 7.28. The molecule has 0 radical (unpaired) electrons. The Labute approximate surface area is 152 Å². The van der Waals surface area contributed by atoms with Gasteiger partial charge in [-0.3, -0.25) is 9.59 Å². The van der Waals surface area contributed by atoms with Gasteiger partial charge in [0.1, 0.15) is 17.1 Å². The molecule has 0 amide bonds. The average molecular weight is 370 g/mol. The fraction of sp³-hybridized carbons (Fsp3) is 0.158. The maximum atomic E-state index is 11.8. The molecule has 1 heterocycles. The van der Waals surface area contributed by atoms with E-state index >= 15 is 0 Å². The Morgan fingerprint density at radius 1 is 1.00 bits per heavy atom. The van der Waals surface area contributed by atoms with E-state index in [9.17, 15) is 24.3 Å². The normalized spacial score (nSPS) is 16.5. The molecule has 3 rings (SSSR count). The Kier molecular flexibility index (Phi) is 4.89. The number of ether oxygens (including phenoxy) is 2. The van der Waals surface area contributed by atoms with Crippen LogP contribution in [0.15, 0.2) is 42.5 Å². The Balaban J connectivity index is 1.84. The third-order valence-electron chi connectivity index (χ3n) is 4.12. The molecular weight excluding hydrogens is 356 g/mol. The summed E-state index contributed by atoms with van der Waals surface area (Å²) in [4.78, 5) is 45.6. The summed E-state index contributed by atoms with van der Waals surface area (Å²) < 4.78 is 10.2. The van der Waals surface area contributed by atoms with Crippen LogP contribution in [0, 0.1) is 0 Å². The number of carboxylic acids is 2. The number of aromatic carboxylic acids is 2. The highest BCUT2D eigenvalue weighted by Crippen LogP contribution is 2.31. The number of carbonyl (C=O) groups excluding carboxylic acids is 2. The summed E-state index contributed by atoms with van der Waals surface area (Å²) in [5.74, 6) is -4.35. The minimum Gasteiger partial charge on any atom is -0.478 e. The molecule has 1 fully saturated rings. The van der Waals surface area contributed by atoms with Crippen molar-refractivity contribution < 1.29 is 38.9 Å². The van der Waals surface area contributed by atoms with E-state index in [1.807, 2.05) is 0 Å². The maximum Gasteiger partial charge on any atom is 0.340 e. The lowest BCUT2D eigenvalue weighted by Crippen LogP contribution is -2.26. The van der Waals surface area contributed by atoms with Gasteiger partial charge in [0, 0.05) is 6.42 Å². The molecular formula is C19H14O8. The minimum absolute atomic E-state index is 0.113. The number of cyclic esters (lactones) is 2. The Morgan fingerprint density at radius 3 is 2.30 bits per heavy atom. The molecule has 8 heteroatoms. The van der Waals surface area contributed by atoms with E-state index in [-0.39, 0.29) is 23.5 Å². The van der Waals surface area contributed by atoms with Crippen molar-refractivity contribution in [3.05, 3.63) is 59.2 Å². The first kappa shape index (κ1) is 18.1. The van der Waals surface area contributed by atoms with Crippen molar-refractivity contribution in [3.8, 4) is 11.5 Å². The highest BCUT2D eigenvalue weighted by atomic mass is 16.6. The van der Waals surface area contributed by atoms with E-state index in [0.29, 0.717) is 12.0 Å². The van der Waals surface area contributed by atoms with Crippen molar-refractivity contribution in [2.45, 2.75) is 18.8 Å². The van der Waals surface area contributed by atoms with Gasteiger partial charge < -0.3 is 19.7 Å². The van der Waals surface area contributed by atoms with Crippen LogP contribution in [0.1, 0.15) is 45.0 Å². The number of carboxylic acid groups (broad SMARTS) is 2. The number of benzene rings is 2. The summed E-state index contributed by atoms with van der Waals surface area (Å²) in [5.41, 5.74) is -0.202. The fourth-order valence-electron chi connectivity index (χ4n) is 2.83. The van der Waals surface area contributed by atoms with E-state index in [1.54, 1.807) is 12.1 Å². The van der Waals surface area contributed by atoms with Crippen LogP contribution >= 0.6 is 0 Å². The Morgan fingerprint density at radius 2 is 1.70 bits per heavy atom. The predicted molar refractivity (Wildman–Crippen MR) is 90.0 cm³/mol. The zero-order valence-corrected chi connectivity index (χ0v) is 13.9. The van der Waals surface area contributed by atoms with Gasteiger partial charge in [-0.15, -0.1) is 0 Å². The van der Waals surface area contributed by atoms with Gasteiger partial charge in [0.2, 0.25) is 0 Å². The van der Waals surface area contributed by atoms with Crippen LogP contribution in [0.4, 0.5) is 0 Å². The van der Waals surface area contributed by atoms with Crippen molar-refractivity contribution in [3.63, 3.8) is 0 Å². The number of esters is 2. The Bertz CT molecular complexity index is 929. The number of rotatable bonds is 5. The van der Waals surface area contributed by atoms with Crippen molar-refractivity contribution in [2.24, 2.45) is 0 Å². The first-order valence-electron chi connectivity index (χ1n) is 7.98. The summed E-state index contributed by atoms with van der Waals surface area (Å²) in [6.07, 6.45) is 0.500. The summed E-state index contributed by atoms with van der Waals surface area (Å²) in [6.45, 7) is 0. The van der Waals surface area contributed by atoms with Gasteiger partial charge in [-0.05, 0) is 36.2 Å². The van der Waals surface area contributed by atoms with E-state index in [0.717, 1.165) is 0 Å². The second-order valence-corrected chi connectivity index (χ2v) is 5.84. The standard InChI is InChI=1S/C19H14O8/c20-15-9-8-12(19(25)27-15)10-4-6-11(7-5-10)26-14-3-1-2-13(17(21)22)16(14)18(23)24/h1-7,12H,8-9H2,(H,21,22)(H,23,24). The third-order valence-corrected chi connectivity index (χ3v) is 4.12. The van der Waals surface area contributed by atoms with Crippen LogP contribution in [0.25, 0.3) is 0 Å². The van der Waals surface area contributed by atoms with E-state index in [2.05, 4.69) is 4.74 Å². The summed E-state index contributed by atoms with van der Waals surface area (Å²) in [5, 5.41) is 18.5. The van der Waals surface area contributed by atoms with Crippen LogP contribution in [0.5, 0.6) is 11.5 Å². The van der Waals surface area contributed by atoms with Crippen molar-refractivity contribution in [1.82, 2.24) is 0 Å². The van der Waals surface area contributed by atoms with Crippen LogP contribution in [-0.2, 0) is 14.3 Å². The van der Waals surface area contributed by atoms with Gasteiger partial charge in [0.05, 0.1) is 11.5 Å². The maximum absolute atomic E-state index is 11.8. The molecule has 1 aliphatic rings. The topological polar surface area (TPSA) is 127 Å². The molecule has 2 N–H and O–H groups in total. The third kappa shape index (κ3) is 3.79. The molecule has 0 aliphatic carbocycles.